The summed E-state index contributed by atoms with van der Waals surface area (Å²) in [6.07, 6.45) is 4.18. The summed E-state index contributed by atoms with van der Waals surface area (Å²) in [5.41, 5.74) is 0.0561. The molecule has 0 N–H and O–H groups in total. The van der Waals surface area contributed by atoms with Gasteiger partial charge in [0.05, 0.1) is 0 Å². The number of carbonyl (C=O) groups is 2. The Morgan fingerprint density at radius 1 is 1.18 bits per heavy atom. The van der Waals surface area contributed by atoms with Gasteiger partial charge < -0.3 is 4.90 Å². The first-order valence-electron chi connectivity index (χ1n) is 5.49. The number of Topliss-reactive ketones (excluding diaryl/α,β-unsaturated/α-hetero) is 1. The van der Waals surface area contributed by atoms with E-state index in [1.165, 1.54) is 12.4 Å². The van der Waals surface area contributed by atoms with Gasteiger partial charge in [-0.15, -0.1) is 0 Å². The zero-order valence-electron chi connectivity index (χ0n) is 9.23. The van der Waals surface area contributed by atoms with Gasteiger partial charge in [0.15, 0.2) is 0 Å². The van der Waals surface area contributed by atoms with Crippen LogP contribution >= 0.6 is 11.6 Å². The van der Waals surface area contributed by atoms with Crippen molar-refractivity contribution in [3.05, 3.63) is 23.2 Å². The molecule has 1 saturated heterocycles. The summed E-state index contributed by atoms with van der Waals surface area (Å²) < 4.78 is 0. The highest BCUT2D eigenvalue weighted by Gasteiger charge is 2.25. The summed E-state index contributed by atoms with van der Waals surface area (Å²) in [4.78, 5) is 32.7. The molecule has 90 valence electrons. The van der Waals surface area contributed by atoms with E-state index in [-0.39, 0.29) is 10.8 Å². The third kappa shape index (κ3) is 2.79. The maximum absolute atomic E-state index is 11.9. The molecular weight excluding hydrogens is 242 g/mol. The fourth-order valence-electron chi connectivity index (χ4n) is 1.81. The third-order valence-corrected chi connectivity index (χ3v) is 2.91. The SMILES string of the molecule is O=C(C(=O)N1CCCCC1)c1cc(Cl)ncn1. The predicted octanol–water partition coefficient (Wildman–Crippen LogP) is 1.33. The number of rotatable bonds is 2. The average Bonchev–Trinajstić information content (AvgIpc) is 2.38. The Hall–Kier alpha value is -1.49. The summed E-state index contributed by atoms with van der Waals surface area (Å²) in [5.74, 6) is -1.12. The number of hydrogen-bond donors (Lipinski definition) is 0. The van der Waals surface area contributed by atoms with E-state index in [4.69, 9.17) is 11.6 Å². The highest BCUT2D eigenvalue weighted by Crippen LogP contribution is 2.11. The van der Waals surface area contributed by atoms with Crippen LogP contribution in [0, 0.1) is 0 Å². The summed E-state index contributed by atoms with van der Waals surface area (Å²) in [6, 6.07) is 1.31. The van der Waals surface area contributed by atoms with Crippen molar-refractivity contribution in [3.8, 4) is 0 Å². The number of hydrogen-bond acceptors (Lipinski definition) is 4. The van der Waals surface area contributed by atoms with Crippen molar-refractivity contribution in [2.75, 3.05) is 13.1 Å². The number of carbonyl (C=O) groups excluding carboxylic acids is 2. The van der Waals surface area contributed by atoms with Crippen molar-refractivity contribution in [2.24, 2.45) is 0 Å². The molecule has 0 aliphatic carbocycles. The Labute approximate surface area is 104 Å². The molecule has 17 heavy (non-hydrogen) atoms. The molecule has 0 atom stereocenters. The van der Waals surface area contributed by atoms with E-state index >= 15 is 0 Å². The van der Waals surface area contributed by atoms with Crippen LogP contribution in [-0.4, -0.2) is 39.6 Å². The summed E-state index contributed by atoms with van der Waals surface area (Å²) in [6.45, 7) is 1.28. The monoisotopic (exact) mass is 253 g/mol. The number of piperidine rings is 1. The summed E-state index contributed by atoms with van der Waals surface area (Å²) >= 11 is 5.65. The van der Waals surface area contributed by atoms with E-state index in [0.717, 1.165) is 19.3 Å². The first-order valence-corrected chi connectivity index (χ1v) is 5.87. The Balaban J connectivity index is 2.11. The van der Waals surface area contributed by atoms with Crippen molar-refractivity contribution >= 4 is 23.3 Å². The highest BCUT2D eigenvalue weighted by molar-refractivity contribution is 6.42. The minimum Gasteiger partial charge on any atom is -0.336 e. The first kappa shape index (κ1) is 12.0. The van der Waals surface area contributed by atoms with Gasteiger partial charge in [0.1, 0.15) is 17.2 Å². The Morgan fingerprint density at radius 3 is 2.53 bits per heavy atom. The van der Waals surface area contributed by atoms with E-state index in [0.29, 0.717) is 13.1 Å². The normalized spacial score (nSPS) is 15.7. The van der Waals surface area contributed by atoms with E-state index in [2.05, 4.69) is 9.97 Å². The van der Waals surface area contributed by atoms with Gasteiger partial charge in [-0.2, -0.15) is 0 Å². The molecular formula is C11H12ClN3O2. The Kier molecular flexibility index (Phi) is 3.68. The lowest BCUT2D eigenvalue weighted by atomic mass is 10.1. The number of halogens is 1. The molecule has 0 radical (unpaired) electrons. The highest BCUT2D eigenvalue weighted by atomic mass is 35.5. The van der Waals surface area contributed by atoms with E-state index < -0.39 is 11.7 Å². The predicted molar refractivity (Wildman–Crippen MR) is 61.8 cm³/mol. The van der Waals surface area contributed by atoms with Crippen LogP contribution in [0.15, 0.2) is 12.4 Å². The third-order valence-electron chi connectivity index (χ3n) is 2.70. The second-order valence-corrected chi connectivity index (χ2v) is 4.30. The quantitative estimate of drug-likeness (QED) is 0.453. The zero-order chi connectivity index (χ0) is 12.3. The summed E-state index contributed by atoms with van der Waals surface area (Å²) in [7, 11) is 0. The van der Waals surface area contributed by atoms with Gasteiger partial charge in [-0.1, -0.05) is 11.6 Å². The van der Waals surface area contributed by atoms with E-state index in [1.54, 1.807) is 4.90 Å². The van der Waals surface area contributed by atoms with Crippen molar-refractivity contribution in [1.29, 1.82) is 0 Å². The molecule has 2 heterocycles. The largest absolute Gasteiger partial charge is 0.336 e. The molecule has 0 saturated carbocycles. The molecule has 6 heteroatoms. The van der Waals surface area contributed by atoms with Crippen LogP contribution < -0.4 is 0 Å². The molecule has 1 aromatic heterocycles. The van der Waals surface area contributed by atoms with Crippen molar-refractivity contribution in [1.82, 2.24) is 14.9 Å². The molecule has 2 rings (SSSR count). The fourth-order valence-corrected chi connectivity index (χ4v) is 1.95. The smallest absolute Gasteiger partial charge is 0.296 e. The van der Waals surface area contributed by atoms with Gasteiger partial charge in [-0.05, 0) is 19.3 Å². The second kappa shape index (κ2) is 5.23. The molecule has 1 aromatic rings. The standard InChI is InChI=1S/C11H12ClN3O2/c12-9-6-8(13-7-14-9)10(16)11(17)15-4-2-1-3-5-15/h6-7H,1-5H2. The number of ketones is 1. The Bertz CT molecular complexity index is 444. The van der Waals surface area contributed by atoms with Crippen LogP contribution in [0.3, 0.4) is 0 Å². The maximum Gasteiger partial charge on any atom is 0.296 e. The van der Waals surface area contributed by atoms with Gasteiger partial charge in [-0.25, -0.2) is 9.97 Å². The van der Waals surface area contributed by atoms with Crippen LogP contribution in [0.4, 0.5) is 0 Å². The van der Waals surface area contributed by atoms with Gasteiger partial charge in [0.2, 0.25) is 0 Å². The number of aromatic nitrogens is 2. The molecule has 1 aliphatic rings. The topological polar surface area (TPSA) is 63.2 Å². The number of nitrogens with zero attached hydrogens (tertiary/aromatic N) is 3. The van der Waals surface area contributed by atoms with Crippen LogP contribution in [-0.2, 0) is 4.79 Å². The Morgan fingerprint density at radius 2 is 1.88 bits per heavy atom. The van der Waals surface area contributed by atoms with Gasteiger partial charge >= 0.3 is 0 Å². The van der Waals surface area contributed by atoms with Gasteiger partial charge in [0, 0.05) is 19.2 Å². The lowest BCUT2D eigenvalue weighted by Gasteiger charge is -2.25. The molecule has 1 aliphatic heterocycles. The van der Waals surface area contributed by atoms with Crippen molar-refractivity contribution in [2.45, 2.75) is 19.3 Å². The molecule has 1 fully saturated rings. The second-order valence-electron chi connectivity index (χ2n) is 3.91. The van der Waals surface area contributed by atoms with Crippen molar-refractivity contribution in [3.63, 3.8) is 0 Å². The average molecular weight is 254 g/mol. The molecule has 0 spiro atoms. The minimum absolute atomic E-state index is 0.0561. The molecule has 5 nitrogen and oxygen atoms in total. The van der Waals surface area contributed by atoms with Crippen molar-refractivity contribution < 1.29 is 9.59 Å². The lowest BCUT2D eigenvalue weighted by Crippen LogP contribution is -2.40. The zero-order valence-corrected chi connectivity index (χ0v) is 9.98. The number of amides is 1. The molecule has 1 amide bonds. The lowest BCUT2D eigenvalue weighted by molar-refractivity contribution is -0.127. The maximum atomic E-state index is 11.9. The van der Waals surface area contributed by atoms with Crippen LogP contribution in [0.5, 0.6) is 0 Å². The van der Waals surface area contributed by atoms with E-state index in [1.807, 2.05) is 0 Å². The first-order chi connectivity index (χ1) is 8.18. The van der Waals surface area contributed by atoms with E-state index in [9.17, 15) is 9.59 Å². The van der Waals surface area contributed by atoms with Crippen LogP contribution in [0.2, 0.25) is 5.15 Å². The fraction of sp³-hybridized carbons (Fsp3) is 0.455. The minimum atomic E-state index is -0.615. The molecule has 0 unspecified atom stereocenters. The number of likely N-dealkylation sites (tertiary alicyclic amines) is 1. The van der Waals surface area contributed by atoms with Crippen LogP contribution in [0.25, 0.3) is 0 Å². The van der Waals surface area contributed by atoms with Gasteiger partial charge in [-0.3, -0.25) is 9.59 Å². The molecule has 0 aromatic carbocycles. The summed E-state index contributed by atoms with van der Waals surface area (Å²) in [5, 5.41) is 0.162. The van der Waals surface area contributed by atoms with Crippen LogP contribution in [0.1, 0.15) is 29.8 Å². The molecule has 0 bridgehead atoms. The van der Waals surface area contributed by atoms with Gasteiger partial charge in [0.25, 0.3) is 11.7 Å².